The Morgan fingerprint density at radius 1 is 1.09 bits per heavy atom. The van der Waals surface area contributed by atoms with E-state index in [-0.39, 0.29) is 5.97 Å². The molecule has 2 aromatic rings. The maximum Gasteiger partial charge on any atom is 0.347 e. The van der Waals surface area contributed by atoms with E-state index >= 15 is 0 Å². The first-order valence-electron chi connectivity index (χ1n) is 12.0. The van der Waals surface area contributed by atoms with Crippen LogP contribution in [-0.2, 0) is 6.42 Å². The first kappa shape index (κ1) is 21.3. The second-order valence-electron chi connectivity index (χ2n) is 10.4. The Balaban J connectivity index is 1.39. The van der Waals surface area contributed by atoms with Gasteiger partial charge in [0.2, 0.25) is 0 Å². The quantitative estimate of drug-likeness (QED) is 0.300. The van der Waals surface area contributed by atoms with Gasteiger partial charge in [0.05, 0.1) is 7.11 Å². The number of hydrogen-bond acceptors (Lipinski definition) is 3. The summed E-state index contributed by atoms with van der Waals surface area (Å²) in [4.78, 5) is 13.0. The molecule has 2 aromatic carbocycles. The van der Waals surface area contributed by atoms with Crippen LogP contribution in [-0.4, -0.2) is 13.1 Å². The molecule has 0 aliphatic heterocycles. The van der Waals surface area contributed by atoms with Gasteiger partial charge in [0.1, 0.15) is 17.1 Å². The summed E-state index contributed by atoms with van der Waals surface area (Å²) in [6.45, 7) is 10.8. The summed E-state index contributed by atoms with van der Waals surface area (Å²) in [6, 6.07) is 10.2. The number of aryl methyl sites for hydroxylation is 3. The molecule has 0 bridgehead atoms. The Hall–Kier alpha value is -2.55. The Morgan fingerprint density at radius 3 is 2.69 bits per heavy atom. The maximum absolute atomic E-state index is 13.0. The van der Waals surface area contributed by atoms with Gasteiger partial charge in [-0.1, -0.05) is 31.2 Å². The third-order valence-corrected chi connectivity index (χ3v) is 8.71. The SMILES string of the molecule is C=C1CCC2C3CCc4cc(OC(=O)c5cc(C)cc(C)c5OC)ccc4C3CCC12C. The van der Waals surface area contributed by atoms with E-state index in [4.69, 9.17) is 9.47 Å². The van der Waals surface area contributed by atoms with Gasteiger partial charge in [0, 0.05) is 0 Å². The largest absolute Gasteiger partial charge is 0.496 e. The minimum Gasteiger partial charge on any atom is -0.496 e. The minimum atomic E-state index is -0.361. The van der Waals surface area contributed by atoms with Gasteiger partial charge in [-0.3, -0.25) is 0 Å². The standard InChI is InChI=1S/C29H34O3/c1-17-14-18(2)27(31-5)25(15-17)28(30)32-21-8-10-22-20(16-21)7-9-24-23(22)12-13-29(4)19(3)6-11-26(24)29/h8,10,14-16,23-24,26H,3,6-7,9,11-13H2,1-2,4-5H3. The molecule has 4 atom stereocenters. The number of methoxy groups -OCH3 is 1. The van der Waals surface area contributed by atoms with Crippen molar-refractivity contribution in [3.05, 3.63) is 70.3 Å². The molecule has 0 N–H and O–H groups in total. The predicted octanol–water partition coefficient (Wildman–Crippen LogP) is 6.94. The average molecular weight is 431 g/mol. The van der Waals surface area contributed by atoms with E-state index < -0.39 is 0 Å². The molecule has 32 heavy (non-hydrogen) atoms. The molecule has 4 unspecified atom stereocenters. The van der Waals surface area contributed by atoms with Crippen LogP contribution in [0.3, 0.4) is 0 Å². The van der Waals surface area contributed by atoms with E-state index in [9.17, 15) is 4.79 Å². The lowest BCUT2D eigenvalue weighted by molar-refractivity contribution is 0.0728. The van der Waals surface area contributed by atoms with Crippen LogP contribution in [0.2, 0.25) is 0 Å². The summed E-state index contributed by atoms with van der Waals surface area (Å²) in [5.41, 5.74) is 7.10. The van der Waals surface area contributed by atoms with Crippen molar-refractivity contribution in [2.45, 2.75) is 65.2 Å². The van der Waals surface area contributed by atoms with Crippen molar-refractivity contribution in [3.8, 4) is 11.5 Å². The Labute approximate surface area is 191 Å². The van der Waals surface area contributed by atoms with Crippen LogP contribution >= 0.6 is 0 Å². The molecule has 0 amide bonds. The number of allylic oxidation sites excluding steroid dienone is 1. The average Bonchev–Trinajstić information content (AvgIpc) is 3.07. The van der Waals surface area contributed by atoms with Gasteiger partial charge in [-0.05, 0) is 116 Å². The number of carbonyl (C=O) groups excluding carboxylic acids is 1. The van der Waals surface area contributed by atoms with E-state index in [1.54, 1.807) is 7.11 Å². The zero-order chi connectivity index (χ0) is 22.6. The fourth-order valence-corrected chi connectivity index (χ4v) is 7.07. The molecule has 2 fully saturated rings. The van der Waals surface area contributed by atoms with Crippen molar-refractivity contribution in [1.29, 1.82) is 0 Å². The molecule has 3 heteroatoms. The second-order valence-corrected chi connectivity index (χ2v) is 10.4. The molecular weight excluding hydrogens is 396 g/mol. The zero-order valence-corrected chi connectivity index (χ0v) is 19.8. The summed E-state index contributed by atoms with van der Waals surface area (Å²) in [7, 11) is 1.60. The van der Waals surface area contributed by atoms with Gasteiger partial charge in [-0.15, -0.1) is 0 Å². The summed E-state index contributed by atoms with van der Waals surface area (Å²) in [5.74, 6) is 3.02. The topological polar surface area (TPSA) is 35.5 Å². The molecule has 168 valence electrons. The minimum absolute atomic E-state index is 0.346. The molecule has 3 nitrogen and oxygen atoms in total. The number of carbonyl (C=O) groups is 1. The van der Waals surface area contributed by atoms with Crippen LogP contribution in [0.1, 0.15) is 77.6 Å². The molecule has 2 saturated carbocycles. The lowest BCUT2D eigenvalue weighted by atomic mass is 9.55. The van der Waals surface area contributed by atoms with Crippen LogP contribution in [0.25, 0.3) is 0 Å². The third kappa shape index (κ3) is 3.29. The number of fused-ring (bicyclic) bond motifs is 5. The fraction of sp³-hybridized carbons (Fsp3) is 0.483. The monoisotopic (exact) mass is 430 g/mol. The number of ether oxygens (including phenoxy) is 2. The van der Waals surface area contributed by atoms with Crippen LogP contribution in [0.5, 0.6) is 11.5 Å². The van der Waals surface area contributed by atoms with E-state index in [1.807, 2.05) is 32.0 Å². The van der Waals surface area contributed by atoms with Crippen LogP contribution in [0, 0.1) is 31.1 Å². The number of hydrogen-bond donors (Lipinski definition) is 0. The number of rotatable bonds is 3. The highest BCUT2D eigenvalue weighted by atomic mass is 16.5. The van der Waals surface area contributed by atoms with Crippen molar-refractivity contribution in [1.82, 2.24) is 0 Å². The van der Waals surface area contributed by atoms with Crippen molar-refractivity contribution in [2.75, 3.05) is 7.11 Å². The Kier molecular flexibility index (Phi) is 5.19. The van der Waals surface area contributed by atoms with E-state index in [0.717, 1.165) is 29.4 Å². The normalized spacial score (nSPS) is 28.5. The highest BCUT2D eigenvalue weighted by Crippen LogP contribution is 2.62. The first-order valence-corrected chi connectivity index (χ1v) is 12.0. The van der Waals surface area contributed by atoms with Gasteiger partial charge < -0.3 is 9.47 Å². The van der Waals surface area contributed by atoms with Gasteiger partial charge in [-0.25, -0.2) is 4.79 Å². The molecule has 0 radical (unpaired) electrons. The number of esters is 1. The maximum atomic E-state index is 13.0. The molecule has 0 heterocycles. The van der Waals surface area contributed by atoms with Gasteiger partial charge in [0.25, 0.3) is 0 Å². The summed E-state index contributed by atoms with van der Waals surface area (Å²) in [5, 5.41) is 0. The molecule has 0 spiro atoms. The highest BCUT2D eigenvalue weighted by molar-refractivity contribution is 5.94. The van der Waals surface area contributed by atoms with E-state index in [1.165, 1.54) is 48.8 Å². The Bertz CT molecular complexity index is 1100. The summed E-state index contributed by atoms with van der Waals surface area (Å²) >= 11 is 0. The van der Waals surface area contributed by atoms with Crippen molar-refractivity contribution in [2.24, 2.45) is 17.3 Å². The summed E-state index contributed by atoms with van der Waals surface area (Å²) in [6.07, 6.45) is 7.29. The van der Waals surface area contributed by atoms with Crippen molar-refractivity contribution >= 4 is 5.97 Å². The first-order chi connectivity index (χ1) is 15.3. The molecule has 5 rings (SSSR count). The third-order valence-electron chi connectivity index (χ3n) is 8.71. The molecule has 0 aromatic heterocycles. The number of benzene rings is 2. The second kappa shape index (κ2) is 7.79. The lowest BCUT2D eigenvalue weighted by Gasteiger charge is -2.49. The Morgan fingerprint density at radius 2 is 1.91 bits per heavy atom. The fourth-order valence-electron chi connectivity index (χ4n) is 7.07. The van der Waals surface area contributed by atoms with Crippen LogP contribution in [0.4, 0.5) is 0 Å². The highest BCUT2D eigenvalue weighted by Gasteiger charge is 2.51. The van der Waals surface area contributed by atoms with Crippen LogP contribution in [0.15, 0.2) is 42.5 Å². The van der Waals surface area contributed by atoms with Gasteiger partial charge in [0.15, 0.2) is 0 Å². The van der Waals surface area contributed by atoms with Crippen molar-refractivity contribution in [3.63, 3.8) is 0 Å². The van der Waals surface area contributed by atoms with Gasteiger partial charge in [-0.2, -0.15) is 0 Å². The predicted molar refractivity (Wildman–Crippen MR) is 128 cm³/mol. The van der Waals surface area contributed by atoms with E-state index in [0.29, 0.717) is 28.4 Å². The zero-order valence-electron chi connectivity index (χ0n) is 19.8. The van der Waals surface area contributed by atoms with Crippen LogP contribution < -0.4 is 9.47 Å². The molecule has 3 aliphatic carbocycles. The van der Waals surface area contributed by atoms with Crippen molar-refractivity contribution < 1.29 is 14.3 Å². The summed E-state index contributed by atoms with van der Waals surface area (Å²) < 4.78 is 11.3. The lowest BCUT2D eigenvalue weighted by Crippen LogP contribution is -2.40. The molecule has 0 saturated heterocycles. The molecule has 3 aliphatic rings. The molecular formula is C29H34O3. The smallest absolute Gasteiger partial charge is 0.347 e. The van der Waals surface area contributed by atoms with E-state index in [2.05, 4.69) is 25.6 Å². The van der Waals surface area contributed by atoms with Gasteiger partial charge >= 0.3 is 5.97 Å².